The molecule has 4 nitrogen and oxygen atoms in total. The number of nitrogens with two attached hydrogens (primary N) is 1. The summed E-state index contributed by atoms with van der Waals surface area (Å²) < 4.78 is 0. The number of nitro groups is 1. The monoisotopic (exact) mass is 202 g/mol. The van der Waals surface area contributed by atoms with E-state index in [0.717, 1.165) is 5.56 Å². The van der Waals surface area contributed by atoms with Gasteiger partial charge in [-0.25, -0.2) is 0 Å². The molecule has 0 spiro atoms. The Balaban J connectivity index is 0.00000144. The molecular weight excluding hydrogens is 192 g/mol. The zero-order valence-electron chi connectivity index (χ0n) is 6.92. The summed E-state index contributed by atoms with van der Waals surface area (Å²) >= 11 is 0. The fourth-order valence-corrected chi connectivity index (χ4v) is 0.930. The van der Waals surface area contributed by atoms with Gasteiger partial charge in [-0.1, -0.05) is 30.3 Å². The Morgan fingerprint density at radius 1 is 1.38 bits per heavy atom. The fraction of sp³-hybridized carbons (Fsp3) is 0.250. The number of nitrogens with zero attached hydrogens (tertiary/aromatic N) is 1. The summed E-state index contributed by atoms with van der Waals surface area (Å²) in [5.74, 6) is 0. The second-order valence-corrected chi connectivity index (χ2v) is 2.54. The maximum absolute atomic E-state index is 10.2. The minimum absolute atomic E-state index is 0. The molecule has 72 valence electrons. The van der Waals surface area contributed by atoms with Crippen molar-refractivity contribution < 1.29 is 4.92 Å². The summed E-state index contributed by atoms with van der Waals surface area (Å²) in [6, 6.07) is 9.18. The van der Waals surface area contributed by atoms with Crippen LogP contribution in [0.1, 0.15) is 5.56 Å². The highest BCUT2D eigenvalue weighted by molar-refractivity contribution is 5.85. The van der Waals surface area contributed by atoms with Crippen LogP contribution in [0, 0.1) is 10.1 Å². The van der Waals surface area contributed by atoms with Crippen LogP contribution in [0.25, 0.3) is 0 Å². The van der Waals surface area contributed by atoms with Crippen LogP contribution in [0.3, 0.4) is 0 Å². The average Bonchev–Trinajstić information content (AvgIpc) is 2.06. The first-order valence-corrected chi connectivity index (χ1v) is 3.63. The second kappa shape index (κ2) is 5.50. The Labute approximate surface area is 82.3 Å². The molecule has 1 aromatic carbocycles. The van der Waals surface area contributed by atoms with E-state index < -0.39 is 11.1 Å². The first-order valence-electron chi connectivity index (χ1n) is 3.63. The van der Waals surface area contributed by atoms with Crippen LogP contribution in [-0.2, 0) is 6.42 Å². The summed E-state index contributed by atoms with van der Waals surface area (Å²) in [6.45, 7) is 0. The highest BCUT2D eigenvalue weighted by atomic mass is 35.5. The van der Waals surface area contributed by atoms with Crippen molar-refractivity contribution in [2.24, 2.45) is 5.73 Å². The topological polar surface area (TPSA) is 69.2 Å². The van der Waals surface area contributed by atoms with Crippen LogP contribution in [0.4, 0.5) is 0 Å². The van der Waals surface area contributed by atoms with Crippen molar-refractivity contribution in [3.63, 3.8) is 0 Å². The van der Waals surface area contributed by atoms with E-state index in [9.17, 15) is 10.1 Å². The molecule has 13 heavy (non-hydrogen) atoms. The zero-order valence-corrected chi connectivity index (χ0v) is 7.74. The zero-order chi connectivity index (χ0) is 8.97. The van der Waals surface area contributed by atoms with Gasteiger partial charge in [0.2, 0.25) is 0 Å². The number of halogens is 1. The van der Waals surface area contributed by atoms with Gasteiger partial charge in [-0.3, -0.25) is 15.8 Å². The van der Waals surface area contributed by atoms with Crippen LogP contribution in [0.2, 0.25) is 0 Å². The summed E-state index contributed by atoms with van der Waals surface area (Å²) in [5.41, 5.74) is 6.14. The van der Waals surface area contributed by atoms with Crippen molar-refractivity contribution >= 4 is 12.4 Å². The van der Waals surface area contributed by atoms with Gasteiger partial charge in [-0.2, -0.15) is 0 Å². The molecule has 0 aromatic heterocycles. The van der Waals surface area contributed by atoms with Gasteiger partial charge in [-0.15, -0.1) is 12.4 Å². The molecule has 0 amide bonds. The Hall–Kier alpha value is -1.13. The molecule has 2 N–H and O–H groups in total. The Morgan fingerprint density at radius 3 is 2.38 bits per heavy atom. The van der Waals surface area contributed by atoms with Crippen LogP contribution in [0.5, 0.6) is 0 Å². The van der Waals surface area contributed by atoms with Gasteiger partial charge >= 0.3 is 0 Å². The van der Waals surface area contributed by atoms with E-state index in [-0.39, 0.29) is 18.8 Å². The van der Waals surface area contributed by atoms with Crippen LogP contribution >= 0.6 is 12.4 Å². The molecule has 0 heterocycles. The van der Waals surface area contributed by atoms with Gasteiger partial charge in [0.05, 0.1) is 6.42 Å². The van der Waals surface area contributed by atoms with Crippen LogP contribution in [0.15, 0.2) is 30.3 Å². The van der Waals surface area contributed by atoms with Crippen molar-refractivity contribution in [2.45, 2.75) is 12.6 Å². The van der Waals surface area contributed by atoms with Crippen molar-refractivity contribution in [3.8, 4) is 0 Å². The molecule has 1 unspecified atom stereocenters. The van der Waals surface area contributed by atoms with Gasteiger partial charge in [-0.05, 0) is 5.56 Å². The first-order chi connectivity index (χ1) is 5.70. The first kappa shape index (κ1) is 11.9. The molecule has 0 saturated heterocycles. The average molecular weight is 203 g/mol. The SMILES string of the molecule is Cl.NC(Cc1ccccc1)[N+](=O)[O-]. The normalized spacial score (nSPS) is 11.5. The van der Waals surface area contributed by atoms with Gasteiger partial charge < -0.3 is 0 Å². The molecule has 1 atom stereocenters. The predicted octanol–water partition coefficient (Wildman–Crippen LogP) is 1.21. The summed E-state index contributed by atoms with van der Waals surface area (Å²) in [4.78, 5) is 9.71. The standard InChI is InChI=1S/C8H10N2O2.ClH/c9-8(10(11)12)6-7-4-2-1-3-5-7;/h1-5,8H,6,9H2;1H. The van der Waals surface area contributed by atoms with Crippen molar-refractivity contribution in [1.29, 1.82) is 0 Å². The van der Waals surface area contributed by atoms with E-state index >= 15 is 0 Å². The molecule has 0 saturated carbocycles. The highest BCUT2D eigenvalue weighted by Crippen LogP contribution is 2.01. The van der Waals surface area contributed by atoms with Crippen LogP contribution in [-0.4, -0.2) is 11.1 Å². The van der Waals surface area contributed by atoms with Gasteiger partial charge in [0.1, 0.15) is 0 Å². The maximum atomic E-state index is 10.2. The summed E-state index contributed by atoms with van der Waals surface area (Å²) in [6.07, 6.45) is -0.708. The third-order valence-corrected chi connectivity index (χ3v) is 1.56. The van der Waals surface area contributed by atoms with E-state index in [2.05, 4.69) is 0 Å². The molecule has 0 aliphatic carbocycles. The molecule has 0 aliphatic rings. The minimum Gasteiger partial charge on any atom is -0.268 e. The molecule has 0 aliphatic heterocycles. The smallest absolute Gasteiger partial charge is 0.267 e. The largest absolute Gasteiger partial charge is 0.268 e. The highest BCUT2D eigenvalue weighted by Gasteiger charge is 2.12. The van der Waals surface area contributed by atoms with Gasteiger partial charge in [0.25, 0.3) is 6.17 Å². The molecular formula is C8H11ClN2O2. The molecule has 0 radical (unpaired) electrons. The minimum atomic E-state index is -0.993. The lowest BCUT2D eigenvalue weighted by Gasteiger charge is -2.02. The lowest BCUT2D eigenvalue weighted by molar-refractivity contribution is -0.520. The molecule has 0 fully saturated rings. The lowest BCUT2D eigenvalue weighted by Crippen LogP contribution is -2.31. The Kier molecular flexibility index (Phi) is 5.03. The van der Waals surface area contributed by atoms with E-state index in [0.29, 0.717) is 0 Å². The third kappa shape index (κ3) is 3.87. The molecule has 0 bridgehead atoms. The van der Waals surface area contributed by atoms with E-state index in [1.165, 1.54) is 0 Å². The molecule has 5 heteroatoms. The third-order valence-electron chi connectivity index (χ3n) is 1.56. The van der Waals surface area contributed by atoms with Crippen LogP contribution < -0.4 is 5.73 Å². The predicted molar refractivity (Wildman–Crippen MR) is 52.4 cm³/mol. The van der Waals surface area contributed by atoms with Gasteiger partial charge in [0, 0.05) is 4.92 Å². The van der Waals surface area contributed by atoms with E-state index in [1.807, 2.05) is 30.3 Å². The molecule has 1 aromatic rings. The second-order valence-electron chi connectivity index (χ2n) is 2.54. The summed E-state index contributed by atoms with van der Waals surface area (Å²) in [5, 5.41) is 10.2. The van der Waals surface area contributed by atoms with E-state index in [1.54, 1.807) is 0 Å². The van der Waals surface area contributed by atoms with Gasteiger partial charge in [0.15, 0.2) is 0 Å². The maximum Gasteiger partial charge on any atom is 0.267 e. The number of benzene rings is 1. The Bertz CT molecular complexity index is 266. The van der Waals surface area contributed by atoms with Crippen molar-refractivity contribution in [1.82, 2.24) is 0 Å². The van der Waals surface area contributed by atoms with Crippen molar-refractivity contribution in [2.75, 3.05) is 0 Å². The number of hydrogen-bond acceptors (Lipinski definition) is 3. The number of rotatable bonds is 3. The Morgan fingerprint density at radius 2 is 1.92 bits per heavy atom. The molecule has 1 rings (SSSR count). The quantitative estimate of drug-likeness (QED) is 0.455. The van der Waals surface area contributed by atoms with E-state index in [4.69, 9.17) is 5.73 Å². The number of hydrogen-bond donors (Lipinski definition) is 1. The summed E-state index contributed by atoms with van der Waals surface area (Å²) in [7, 11) is 0. The van der Waals surface area contributed by atoms with Crippen molar-refractivity contribution in [3.05, 3.63) is 46.0 Å². The lowest BCUT2D eigenvalue weighted by atomic mass is 10.1. The fourth-order valence-electron chi connectivity index (χ4n) is 0.930.